The van der Waals surface area contributed by atoms with Crippen LogP contribution in [0.25, 0.3) is 32.2 Å². The largest absolute Gasteiger partial charge is 0.463 e. The number of aliphatic hydroxyl groups is 1. The maximum Gasteiger partial charge on any atom is 0.417 e. The van der Waals surface area contributed by atoms with Gasteiger partial charge in [0.25, 0.3) is 0 Å². The summed E-state index contributed by atoms with van der Waals surface area (Å²) in [6.45, 7) is 1.04. The van der Waals surface area contributed by atoms with E-state index in [2.05, 4.69) is 20.3 Å². The summed E-state index contributed by atoms with van der Waals surface area (Å²) in [6.07, 6.45) is -0.464. The molecule has 1 aliphatic carbocycles. The Kier molecular flexibility index (Phi) is 7.05. The Morgan fingerprint density at radius 1 is 1.02 bits per heavy atom. The lowest BCUT2D eigenvalue weighted by Gasteiger charge is -2.34. The van der Waals surface area contributed by atoms with Crippen LogP contribution in [0, 0.1) is 17.6 Å². The number of alkyl halides is 3. The zero-order valence-electron chi connectivity index (χ0n) is 22.9. The van der Waals surface area contributed by atoms with Crippen LogP contribution in [0.4, 0.5) is 32.9 Å². The molecule has 8 nitrogen and oxygen atoms in total. The minimum atomic E-state index is -4.97. The van der Waals surface area contributed by atoms with Crippen molar-refractivity contribution in [2.24, 2.45) is 5.92 Å². The number of aliphatic hydroxyl groups excluding tert-OH is 1. The standard InChI is InChI=1S/C29H29F5N6O2S/c30-19-8-7-16(24-25(19)43-27(35)37-24)21-18(29(32,33)34)9-17-23(22(21)31)38-28(42-12-13-3-1-2-4-20(13)41)39-26(17)40-10-14-5-6-15(11-40)36-14/h7-9,13-15,20,36,41H,1-6,10-12H2,(H2,35,37). The number of nitrogens with two attached hydrogens (primary N) is 1. The molecule has 2 aromatic carbocycles. The van der Waals surface area contributed by atoms with Crippen molar-refractivity contribution in [1.82, 2.24) is 20.3 Å². The summed E-state index contributed by atoms with van der Waals surface area (Å²) in [5.41, 5.74) is 2.96. The zero-order chi connectivity index (χ0) is 30.0. The van der Waals surface area contributed by atoms with E-state index >= 15 is 4.39 Å². The predicted molar refractivity (Wildman–Crippen MR) is 153 cm³/mol. The molecule has 7 rings (SSSR count). The number of halogens is 5. The van der Waals surface area contributed by atoms with Gasteiger partial charge in [-0.1, -0.05) is 24.2 Å². The highest BCUT2D eigenvalue weighted by Gasteiger charge is 2.39. The topological polar surface area (TPSA) is 109 Å². The summed E-state index contributed by atoms with van der Waals surface area (Å²) in [6, 6.07) is 2.99. The monoisotopic (exact) mass is 620 g/mol. The van der Waals surface area contributed by atoms with E-state index in [4.69, 9.17) is 10.5 Å². The van der Waals surface area contributed by atoms with Crippen LogP contribution in [0.3, 0.4) is 0 Å². The number of ether oxygens (including phenoxy) is 1. The van der Waals surface area contributed by atoms with Gasteiger partial charge in [-0.3, -0.25) is 0 Å². The minimum absolute atomic E-state index is 0.0605. The molecular weight excluding hydrogens is 591 g/mol. The van der Waals surface area contributed by atoms with Crippen molar-refractivity contribution in [3.8, 4) is 17.1 Å². The molecule has 3 aliphatic rings. The highest BCUT2D eigenvalue weighted by Crippen LogP contribution is 2.46. The van der Waals surface area contributed by atoms with Crippen LogP contribution in [0.2, 0.25) is 0 Å². The molecule has 1 saturated carbocycles. The van der Waals surface area contributed by atoms with E-state index in [9.17, 15) is 22.7 Å². The molecule has 2 aromatic heterocycles. The van der Waals surface area contributed by atoms with Gasteiger partial charge < -0.3 is 25.8 Å². The molecule has 4 aromatic rings. The second-order valence-corrected chi connectivity index (χ2v) is 12.7. The van der Waals surface area contributed by atoms with E-state index in [1.165, 1.54) is 0 Å². The molecule has 4 heterocycles. The van der Waals surface area contributed by atoms with Gasteiger partial charge in [-0.15, -0.1) is 0 Å². The highest BCUT2D eigenvalue weighted by atomic mass is 32.1. The Labute approximate surface area is 247 Å². The SMILES string of the molecule is Nc1nc2c(-c3c(C(F)(F)F)cc4c(N5CC6CCC(C5)N6)nc(OCC5CCCCC5O)nc4c3F)ccc(F)c2s1. The molecule has 14 heteroatoms. The molecule has 43 heavy (non-hydrogen) atoms. The number of hydrogen-bond acceptors (Lipinski definition) is 9. The molecule has 4 unspecified atom stereocenters. The summed E-state index contributed by atoms with van der Waals surface area (Å²) in [5, 5.41) is 13.7. The molecular formula is C29H29F5N6O2S. The fourth-order valence-electron chi connectivity index (χ4n) is 6.71. The van der Waals surface area contributed by atoms with Crippen LogP contribution in [0.15, 0.2) is 18.2 Å². The zero-order valence-corrected chi connectivity index (χ0v) is 23.7. The van der Waals surface area contributed by atoms with Crippen molar-refractivity contribution in [2.45, 2.75) is 62.9 Å². The third-order valence-corrected chi connectivity index (χ3v) is 9.68. The fourth-order valence-corrected chi connectivity index (χ4v) is 7.48. The number of fused-ring (bicyclic) bond motifs is 4. The molecule has 2 bridgehead atoms. The number of nitrogens with one attached hydrogen (secondary N) is 1. The van der Waals surface area contributed by atoms with Crippen molar-refractivity contribution < 1.29 is 31.8 Å². The van der Waals surface area contributed by atoms with Crippen molar-refractivity contribution in [2.75, 3.05) is 30.3 Å². The quantitative estimate of drug-likeness (QED) is 0.246. The van der Waals surface area contributed by atoms with Crippen LogP contribution < -0.4 is 20.7 Å². The first kappa shape index (κ1) is 28.4. The summed E-state index contributed by atoms with van der Waals surface area (Å²) in [7, 11) is 0. The summed E-state index contributed by atoms with van der Waals surface area (Å²) in [4.78, 5) is 14.7. The minimum Gasteiger partial charge on any atom is -0.463 e. The number of nitrogens with zero attached hydrogens (tertiary/aromatic N) is 4. The van der Waals surface area contributed by atoms with Crippen LogP contribution >= 0.6 is 11.3 Å². The molecule has 228 valence electrons. The number of hydrogen-bond donors (Lipinski definition) is 3. The Morgan fingerprint density at radius 3 is 2.49 bits per heavy atom. The van der Waals surface area contributed by atoms with E-state index < -0.39 is 35.0 Å². The second-order valence-electron chi connectivity index (χ2n) is 11.6. The first-order valence-electron chi connectivity index (χ1n) is 14.3. The lowest BCUT2D eigenvalue weighted by atomic mass is 9.87. The van der Waals surface area contributed by atoms with E-state index in [1.54, 1.807) is 0 Å². The number of thiazole rings is 1. The van der Waals surface area contributed by atoms with E-state index in [1.807, 2.05) is 4.90 Å². The highest BCUT2D eigenvalue weighted by molar-refractivity contribution is 7.22. The Morgan fingerprint density at radius 2 is 1.77 bits per heavy atom. The lowest BCUT2D eigenvalue weighted by Crippen LogP contribution is -2.51. The van der Waals surface area contributed by atoms with Gasteiger partial charge in [0.1, 0.15) is 17.2 Å². The van der Waals surface area contributed by atoms with Gasteiger partial charge in [-0.05, 0) is 43.9 Å². The van der Waals surface area contributed by atoms with Crippen LogP contribution in [-0.2, 0) is 6.18 Å². The maximum absolute atomic E-state index is 16.7. The Hall–Kier alpha value is -3.36. The van der Waals surface area contributed by atoms with E-state index in [0.29, 0.717) is 19.5 Å². The van der Waals surface area contributed by atoms with Gasteiger partial charge in [0.2, 0.25) is 0 Å². The van der Waals surface area contributed by atoms with Gasteiger partial charge >= 0.3 is 12.2 Å². The van der Waals surface area contributed by atoms with Gasteiger partial charge in [-0.25, -0.2) is 13.8 Å². The van der Waals surface area contributed by atoms with Gasteiger partial charge in [0.05, 0.1) is 28.5 Å². The predicted octanol–water partition coefficient (Wildman–Crippen LogP) is 5.66. The van der Waals surface area contributed by atoms with Crippen molar-refractivity contribution >= 4 is 43.4 Å². The van der Waals surface area contributed by atoms with Gasteiger partial charge in [0.15, 0.2) is 10.9 Å². The number of nitrogen functional groups attached to an aromatic ring is 1. The summed E-state index contributed by atoms with van der Waals surface area (Å²) in [5.74, 6) is -1.97. The van der Waals surface area contributed by atoms with Crippen LogP contribution in [0.1, 0.15) is 44.1 Å². The first-order valence-corrected chi connectivity index (χ1v) is 15.2. The van der Waals surface area contributed by atoms with Crippen molar-refractivity contribution in [3.05, 3.63) is 35.4 Å². The summed E-state index contributed by atoms with van der Waals surface area (Å²) < 4.78 is 81.1. The molecule has 3 fully saturated rings. The Bertz CT molecular complexity index is 1700. The fraction of sp³-hybridized carbons (Fsp3) is 0.483. The number of piperazine rings is 1. The third kappa shape index (κ3) is 5.12. The van der Waals surface area contributed by atoms with Crippen LogP contribution in [0.5, 0.6) is 6.01 Å². The molecule has 2 saturated heterocycles. The average molecular weight is 621 g/mol. The molecule has 4 N–H and O–H groups in total. The van der Waals surface area contributed by atoms with Gasteiger partial charge in [0, 0.05) is 47.6 Å². The van der Waals surface area contributed by atoms with Gasteiger partial charge in [-0.2, -0.15) is 23.1 Å². The molecule has 0 spiro atoms. The summed E-state index contributed by atoms with van der Waals surface area (Å²) >= 11 is 0.770. The number of benzene rings is 2. The lowest BCUT2D eigenvalue weighted by molar-refractivity contribution is -0.137. The van der Waals surface area contributed by atoms with Crippen LogP contribution in [-0.4, -0.2) is 57.9 Å². The number of anilines is 2. The Balaban J connectivity index is 1.43. The molecule has 0 amide bonds. The first-order chi connectivity index (χ1) is 20.6. The smallest absolute Gasteiger partial charge is 0.417 e. The average Bonchev–Trinajstić information content (AvgIpc) is 3.53. The number of rotatable bonds is 5. The number of aromatic nitrogens is 3. The molecule has 2 aliphatic heterocycles. The third-order valence-electron chi connectivity index (χ3n) is 8.79. The van der Waals surface area contributed by atoms with Crippen molar-refractivity contribution in [3.63, 3.8) is 0 Å². The second kappa shape index (κ2) is 10.7. The molecule has 4 atom stereocenters. The normalized spacial score (nSPS) is 24.3. The van der Waals surface area contributed by atoms with E-state index in [-0.39, 0.29) is 68.3 Å². The van der Waals surface area contributed by atoms with Crippen molar-refractivity contribution in [1.29, 1.82) is 0 Å². The maximum atomic E-state index is 16.7. The van der Waals surface area contributed by atoms with E-state index in [0.717, 1.165) is 61.6 Å². The molecule has 0 radical (unpaired) electrons.